The lowest BCUT2D eigenvalue weighted by Gasteiger charge is -2.37. The number of benzene rings is 2. The maximum absolute atomic E-state index is 11.4. The van der Waals surface area contributed by atoms with Gasteiger partial charge < -0.3 is 10.2 Å². The molecule has 0 bridgehead atoms. The fourth-order valence-electron chi connectivity index (χ4n) is 3.34. The molecule has 2 aromatic rings. The van der Waals surface area contributed by atoms with Gasteiger partial charge in [0.2, 0.25) is 0 Å². The summed E-state index contributed by atoms with van der Waals surface area (Å²) in [5.74, 6) is 0. The third-order valence-electron chi connectivity index (χ3n) is 4.83. The molecule has 0 amide bonds. The molecule has 0 saturated heterocycles. The van der Waals surface area contributed by atoms with Gasteiger partial charge in [0.25, 0.3) is 0 Å². The van der Waals surface area contributed by atoms with E-state index in [1.54, 1.807) is 13.8 Å². The maximum Gasteiger partial charge on any atom is 0.111 e. The monoisotopic (exact) mass is 332 g/mol. The van der Waals surface area contributed by atoms with Gasteiger partial charge in [-0.25, -0.2) is 0 Å². The Morgan fingerprint density at radius 2 is 1.32 bits per heavy atom. The highest BCUT2D eigenvalue weighted by molar-refractivity contribution is 5.48. The highest BCUT2D eigenvalue weighted by atomic mass is 16.3. The molecule has 3 rings (SSSR count). The molecule has 0 aliphatic heterocycles. The Balaban J connectivity index is 2.15. The Morgan fingerprint density at radius 3 is 1.72 bits per heavy atom. The van der Waals surface area contributed by atoms with E-state index in [2.05, 4.69) is 12.2 Å². The molecule has 0 heterocycles. The fraction of sp³-hybridized carbons (Fsp3) is 0.217. The minimum atomic E-state index is -1.31. The highest BCUT2D eigenvalue weighted by Crippen LogP contribution is 2.42. The van der Waals surface area contributed by atoms with Crippen molar-refractivity contribution >= 4 is 0 Å². The van der Waals surface area contributed by atoms with Crippen molar-refractivity contribution in [3.8, 4) is 0 Å². The van der Waals surface area contributed by atoms with Crippen LogP contribution in [0, 0.1) is 0 Å². The second kappa shape index (κ2) is 6.83. The molecule has 0 aromatic heterocycles. The zero-order chi connectivity index (χ0) is 17.9. The van der Waals surface area contributed by atoms with E-state index < -0.39 is 11.2 Å². The summed E-state index contributed by atoms with van der Waals surface area (Å²) >= 11 is 0. The lowest BCUT2D eigenvalue weighted by molar-refractivity contribution is 0.0158. The molecule has 0 saturated carbocycles. The van der Waals surface area contributed by atoms with Gasteiger partial charge in [-0.3, -0.25) is 0 Å². The summed E-state index contributed by atoms with van der Waals surface area (Å²) in [5, 5.41) is 22.8. The second-order valence-electron chi connectivity index (χ2n) is 6.78. The first-order valence-corrected chi connectivity index (χ1v) is 8.57. The Labute approximate surface area is 149 Å². The third-order valence-corrected chi connectivity index (χ3v) is 4.83. The molecular weight excluding hydrogens is 308 g/mol. The van der Waals surface area contributed by atoms with Crippen LogP contribution in [0.2, 0.25) is 0 Å². The normalized spacial score (nSPS) is 18.2. The quantitative estimate of drug-likeness (QED) is 0.839. The topological polar surface area (TPSA) is 40.5 Å². The number of aliphatic hydroxyl groups is 2. The summed E-state index contributed by atoms with van der Waals surface area (Å²) in [6, 6.07) is 19.0. The van der Waals surface area contributed by atoms with Gasteiger partial charge in [0.05, 0.1) is 0 Å². The Hall–Kier alpha value is -2.42. The number of allylic oxidation sites excluding steroid dienone is 5. The van der Waals surface area contributed by atoms with Crippen molar-refractivity contribution in [1.29, 1.82) is 0 Å². The van der Waals surface area contributed by atoms with Crippen LogP contribution in [0.5, 0.6) is 0 Å². The lowest BCUT2D eigenvalue weighted by atomic mass is 9.75. The number of hydrogen-bond donors (Lipinski definition) is 2. The van der Waals surface area contributed by atoms with Crippen LogP contribution >= 0.6 is 0 Å². The molecule has 2 unspecified atom stereocenters. The molecule has 0 spiro atoms. The van der Waals surface area contributed by atoms with Crippen molar-refractivity contribution in [2.24, 2.45) is 0 Å². The van der Waals surface area contributed by atoms with Gasteiger partial charge in [-0.1, -0.05) is 78.9 Å². The van der Waals surface area contributed by atoms with Crippen molar-refractivity contribution in [3.05, 3.63) is 107 Å². The molecule has 0 radical (unpaired) electrons. The first-order valence-electron chi connectivity index (χ1n) is 8.57. The van der Waals surface area contributed by atoms with E-state index in [9.17, 15) is 10.2 Å². The summed E-state index contributed by atoms with van der Waals surface area (Å²) in [7, 11) is 0. The zero-order valence-electron chi connectivity index (χ0n) is 14.7. The van der Waals surface area contributed by atoms with Crippen LogP contribution in [0.3, 0.4) is 0 Å². The Morgan fingerprint density at radius 1 is 0.840 bits per heavy atom. The zero-order valence-corrected chi connectivity index (χ0v) is 14.7. The van der Waals surface area contributed by atoms with E-state index in [0.29, 0.717) is 5.57 Å². The van der Waals surface area contributed by atoms with Crippen molar-refractivity contribution in [2.45, 2.75) is 31.5 Å². The van der Waals surface area contributed by atoms with Crippen LogP contribution in [-0.4, -0.2) is 10.2 Å². The van der Waals surface area contributed by atoms with Crippen molar-refractivity contribution < 1.29 is 10.2 Å². The van der Waals surface area contributed by atoms with E-state index in [1.807, 2.05) is 72.8 Å². The Bertz CT molecular complexity index is 756. The molecule has 1 aliphatic rings. The number of rotatable bonds is 5. The Kier molecular flexibility index (Phi) is 4.76. The van der Waals surface area contributed by atoms with Crippen LogP contribution in [0.25, 0.3) is 0 Å². The molecule has 2 aromatic carbocycles. The standard InChI is InChI=1S/C23H24O2/c1-22(24,19-13-5-3-6-14-19)21(17-18-11-9-10-12-18)23(2,25)20-15-7-4-8-16-20/h3-9,11-17,24-25H,10H2,1-2H3. The molecule has 0 fully saturated rings. The molecule has 2 heteroatoms. The summed E-state index contributed by atoms with van der Waals surface area (Å²) in [5.41, 5.74) is 0.438. The average molecular weight is 332 g/mol. The van der Waals surface area contributed by atoms with Gasteiger partial charge in [-0.2, -0.15) is 0 Å². The summed E-state index contributed by atoms with van der Waals surface area (Å²) in [4.78, 5) is 0. The van der Waals surface area contributed by atoms with E-state index in [-0.39, 0.29) is 0 Å². The van der Waals surface area contributed by atoms with E-state index >= 15 is 0 Å². The highest BCUT2D eigenvalue weighted by Gasteiger charge is 2.40. The van der Waals surface area contributed by atoms with Crippen LogP contribution in [0.15, 0.2) is 96.1 Å². The van der Waals surface area contributed by atoms with Crippen LogP contribution in [0.1, 0.15) is 31.4 Å². The first kappa shape index (κ1) is 17.4. The summed E-state index contributed by atoms with van der Waals surface area (Å²) < 4.78 is 0. The van der Waals surface area contributed by atoms with Crippen LogP contribution < -0.4 is 0 Å². The first-order chi connectivity index (χ1) is 11.9. The SMILES string of the molecule is CC(O)(C(=CC1=CCC=C1)C(C)(O)c1ccccc1)c1ccccc1. The summed E-state index contributed by atoms with van der Waals surface area (Å²) in [6.07, 6.45) is 8.95. The predicted molar refractivity (Wildman–Crippen MR) is 102 cm³/mol. The molecule has 1 aliphatic carbocycles. The van der Waals surface area contributed by atoms with E-state index in [1.165, 1.54) is 0 Å². The van der Waals surface area contributed by atoms with Gasteiger partial charge in [-0.15, -0.1) is 0 Å². The smallest absolute Gasteiger partial charge is 0.111 e. The van der Waals surface area contributed by atoms with Gasteiger partial charge in [0, 0.05) is 5.57 Å². The van der Waals surface area contributed by atoms with Gasteiger partial charge >= 0.3 is 0 Å². The molecular formula is C23H24O2. The van der Waals surface area contributed by atoms with Crippen molar-refractivity contribution in [1.82, 2.24) is 0 Å². The van der Waals surface area contributed by atoms with Crippen molar-refractivity contribution in [3.63, 3.8) is 0 Å². The van der Waals surface area contributed by atoms with Crippen molar-refractivity contribution in [2.75, 3.05) is 0 Å². The predicted octanol–water partition coefficient (Wildman–Crippen LogP) is 4.61. The third kappa shape index (κ3) is 3.51. The average Bonchev–Trinajstić information content (AvgIpc) is 3.14. The maximum atomic E-state index is 11.4. The van der Waals surface area contributed by atoms with Gasteiger partial charge in [-0.05, 0) is 43.0 Å². The van der Waals surface area contributed by atoms with Crippen LogP contribution in [0.4, 0.5) is 0 Å². The molecule has 2 atom stereocenters. The minimum absolute atomic E-state index is 0.551. The summed E-state index contributed by atoms with van der Waals surface area (Å²) in [6.45, 7) is 3.48. The molecule has 25 heavy (non-hydrogen) atoms. The van der Waals surface area contributed by atoms with E-state index in [0.717, 1.165) is 23.1 Å². The van der Waals surface area contributed by atoms with Gasteiger partial charge in [0.1, 0.15) is 11.2 Å². The number of hydrogen-bond acceptors (Lipinski definition) is 2. The molecule has 2 N–H and O–H groups in total. The van der Waals surface area contributed by atoms with E-state index in [4.69, 9.17) is 0 Å². The van der Waals surface area contributed by atoms with Crippen LogP contribution in [-0.2, 0) is 11.2 Å². The van der Waals surface area contributed by atoms with Gasteiger partial charge in [0.15, 0.2) is 0 Å². The molecule has 2 nitrogen and oxygen atoms in total. The molecule has 128 valence electrons. The largest absolute Gasteiger partial charge is 0.381 e. The second-order valence-corrected chi connectivity index (χ2v) is 6.78. The fourth-order valence-corrected chi connectivity index (χ4v) is 3.34. The lowest BCUT2D eigenvalue weighted by Crippen LogP contribution is -2.37. The minimum Gasteiger partial charge on any atom is -0.381 e.